The van der Waals surface area contributed by atoms with Gasteiger partial charge in [-0.1, -0.05) is 13.8 Å². The van der Waals surface area contributed by atoms with Crippen molar-refractivity contribution in [3.8, 4) is 0 Å². The molecule has 20 heavy (non-hydrogen) atoms. The molecule has 1 atom stereocenters. The summed E-state index contributed by atoms with van der Waals surface area (Å²) in [6.45, 7) is 5.65. The molecule has 112 valence electrons. The number of anilines is 1. The third-order valence-electron chi connectivity index (χ3n) is 3.95. The van der Waals surface area contributed by atoms with Crippen LogP contribution in [0, 0.1) is 10.1 Å². The van der Waals surface area contributed by atoms with Crippen LogP contribution in [0.1, 0.15) is 38.3 Å². The van der Waals surface area contributed by atoms with Gasteiger partial charge in [0.25, 0.3) is 0 Å². The first-order chi connectivity index (χ1) is 9.41. The second-order valence-corrected chi connectivity index (χ2v) is 5.78. The van der Waals surface area contributed by atoms with Crippen LogP contribution in [0.15, 0.2) is 0 Å². The first-order valence-corrected chi connectivity index (χ1v) is 7.07. The quantitative estimate of drug-likeness (QED) is 0.659. The lowest BCUT2D eigenvalue weighted by Gasteiger charge is -2.19. The molecule has 1 saturated heterocycles. The largest absolute Gasteiger partial charge is 0.363 e. The number of rotatable bonds is 5. The van der Waals surface area contributed by atoms with Crippen molar-refractivity contribution >= 4 is 11.5 Å². The zero-order valence-electron chi connectivity index (χ0n) is 12.6. The van der Waals surface area contributed by atoms with Gasteiger partial charge in [-0.05, 0) is 26.4 Å². The van der Waals surface area contributed by atoms with Crippen LogP contribution in [-0.2, 0) is 7.05 Å². The third-order valence-corrected chi connectivity index (χ3v) is 3.95. The van der Waals surface area contributed by atoms with Crippen molar-refractivity contribution in [2.24, 2.45) is 7.05 Å². The third kappa shape index (κ3) is 2.77. The smallest absolute Gasteiger partial charge is 0.334 e. The summed E-state index contributed by atoms with van der Waals surface area (Å²) in [6.07, 6.45) is 2.32. The highest BCUT2D eigenvalue weighted by atomic mass is 16.6. The first-order valence-electron chi connectivity index (χ1n) is 7.07. The highest BCUT2D eigenvalue weighted by molar-refractivity contribution is 5.60. The molecular weight excluding hydrogens is 258 g/mol. The van der Waals surface area contributed by atoms with Crippen LogP contribution in [-0.4, -0.2) is 45.8 Å². The van der Waals surface area contributed by atoms with Crippen molar-refractivity contribution in [1.29, 1.82) is 0 Å². The highest BCUT2D eigenvalue weighted by Gasteiger charge is 2.29. The Hall–Kier alpha value is -1.63. The predicted octanol–water partition coefficient (Wildman–Crippen LogP) is 1.96. The number of aromatic nitrogens is 2. The van der Waals surface area contributed by atoms with Crippen LogP contribution in [0.25, 0.3) is 0 Å². The van der Waals surface area contributed by atoms with Crippen LogP contribution >= 0.6 is 0 Å². The SMILES string of the molecule is CC(C)c1nn(C)c(NCC2CCCN2C)c1[N+](=O)[O-]. The second kappa shape index (κ2) is 5.78. The van der Waals surface area contributed by atoms with Gasteiger partial charge < -0.3 is 10.2 Å². The minimum atomic E-state index is -0.330. The lowest BCUT2D eigenvalue weighted by Crippen LogP contribution is -2.32. The Balaban J connectivity index is 2.20. The fraction of sp³-hybridized carbons (Fsp3) is 0.769. The summed E-state index contributed by atoms with van der Waals surface area (Å²) in [6, 6.07) is 0.437. The van der Waals surface area contributed by atoms with Gasteiger partial charge in [0.15, 0.2) is 0 Å². The zero-order chi connectivity index (χ0) is 14.9. The van der Waals surface area contributed by atoms with Gasteiger partial charge in [-0.3, -0.25) is 10.1 Å². The van der Waals surface area contributed by atoms with Crippen molar-refractivity contribution in [1.82, 2.24) is 14.7 Å². The van der Waals surface area contributed by atoms with Gasteiger partial charge in [-0.25, -0.2) is 4.68 Å². The number of nitro groups is 1. The number of likely N-dealkylation sites (tertiary alicyclic amines) is 1. The zero-order valence-corrected chi connectivity index (χ0v) is 12.6. The summed E-state index contributed by atoms with van der Waals surface area (Å²) >= 11 is 0. The van der Waals surface area contributed by atoms with E-state index in [1.54, 1.807) is 11.7 Å². The minimum Gasteiger partial charge on any atom is -0.363 e. The summed E-state index contributed by atoms with van der Waals surface area (Å²) in [4.78, 5) is 13.3. The molecule has 0 spiro atoms. The van der Waals surface area contributed by atoms with Gasteiger partial charge in [0, 0.05) is 25.6 Å². The molecule has 7 heteroatoms. The molecule has 1 N–H and O–H groups in total. The lowest BCUT2D eigenvalue weighted by atomic mass is 10.1. The van der Waals surface area contributed by atoms with Crippen LogP contribution in [0.4, 0.5) is 11.5 Å². The summed E-state index contributed by atoms with van der Waals surface area (Å²) < 4.78 is 1.59. The van der Waals surface area contributed by atoms with Gasteiger partial charge in [0.2, 0.25) is 5.82 Å². The van der Waals surface area contributed by atoms with Crippen LogP contribution < -0.4 is 5.32 Å². The molecule has 2 heterocycles. The molecule has 1 unspecified atom stereocenters. The maximum Gasteiger partial charge on any atom is 0.334 e. The Morgan fingerprint density at radius 1 is 1.50 bits per heavy atom. The Kier molecular flexibility index (Phi) is 4.27. The summed E-state index contributed by atoms with van der Waals surface area (Å²) in [5.74, 6) is 0.547. The molecule has 0 saturated carbocycles. The highest BCUT2D eigenvalue weighted by Crippen LogP contribution is 2.33. The molecule has 1 aromatic rings. The topological polar surface area (TPSA) is 76.2 Å². The molecule has 0 aliphatic carbocycles. The Morgan fingerprint density at radius 2 is 2.20 bits per heavy atom. The Morgan fingerprint density at radius 3 is 2.70 bits per heavy atom. The fourth-order valence-electron chi connectivity index (χ4n) is 2.75. The van der Waals surface area contributed by atoms with E-state index in [0.29, 0.717) is 24.1 Å². The van der Waals surface area contributed by atoms with Gasteiger partial charge in [0.05, 0.1) is 4.92 Å². The first kappa shape index (κ1) is 14.8. The van der Waals surface area contributed by atoms with E-state index >= 15 is 0 Å². The monoisotopic (exact) mass is 281 g/mol. The molecule has 0 bridgehead atoms. The molecule has 0 radical (unpaired) electrons. The summed E-state index contributed by atoms with van der Waals surface area (Å²) in [5.41, 5.74) is 0.655. The molecule has 7 nitrogen and oxygen atoms in total. The van der Waals surface area contributed by atoms with E-state index in [2.05, 4.69) is 22.4 Å². The van der Waals surface area contributed by atoms with Crippen molar-refractivity contribution in [2.45, 2.75) is 38.6 Å². The average molecular weight is 281 g/mol. The van der Waals surface area contributed by atoms with E-state index in [0.717, 1.165) is 13.0 Å². The lowest BCUT2D eigenvalue weighted by molar-refractivity contribution is -0.384. The van der Waals surface area contributed by atoms with Gasteiger partial charge in [-0.15, -0.1) is 0 Å². The molecule has 1 aliphatic heterocycles. The molecular formula is C13H23N5O2. The Bertz CT molecular complexity index is 497. The number of likely N-dealkylation sites (N-methyl/N-ethyl adjacent to an activating group) is 1. The molecule has 0 aromatic carbocycles. The number of hydrogen-bond acceptors (Lipinski definition) is 5. The van der Waals surface area contributed by atoms with Crippen molar-refractivity contribution in [3.63, 3.8) is 0 Å². The molecule has 1 fully saturated rings. The number of nitrogens with zero attached hydrogens (tertiary/aromatic N) is 4. The van der Waals surface area contributed by atoms with E-state index < -0.39 is 0 Å². The number of nitrogens with one attached hydrogen (secondary N) is 1. The van der Waals surface area contributed by atoms with Gasteiger partial charge >= 0.3 is 5.69 Å². The summed E-state index contributed by atoms with van der Waals surface area (Å²) in [5, 5.41) is 18.8. The second-order valence-electron chi connectivity index (χ2n) is 5.78. The van der Waals surface area contributed by atoms with E-state index in [1.165, 1.54) is 6.42 Å². The maximum atomic E-state index is 11.3. The van der Waals surface area contributed by atoms with E-state index in [4.69, 9.17) is 0 Å². The van der Waals surface area contributed by atoms with Crippen molar-refractivity contribution in [2.75, 3.05) is 25.5 Å². The molecule has 2 rings (SSSR count). The Labute approximate surface area is 119 Å². The average Bonchev–Trinajstić information content (AvgIpc) is 2.90. The molecule has 1 aliphatic rings. The summed E-state index contributed by atoms with van der Waals surface area (Å²) in [7, 11) is 3.84. The van der Waals surface area contributed by atoms with E-state index in [9.17, 15) is 10.1 Å². The van der Waals surface area contributed by atoms with E-state index in [-0.39, 0.29) is 16.5 Å². The predicted molar refractivity (Wildman–Crippen MR) is 78.1 cm³/mol. The number of hydrogen-bond donors (Lipinski definition) is 1. The minimum absolute atomic E-state index is 0.0336. The van der Waals surface area contributed by atoms with Crippen LogP contribution in [0.5, 0.6) is 0 Å². The standard InChI is InChI=1S/C13H23N5O2/c1-9(2)11-12(18(19)20)13(17(4)15-11)14-8-10-6-5-7-16(10)3/h9-10,14H,5-8H2,1-4H3. The fourth-order valence-corrected chi connectivity index (χ4v) is 2.75. The maximum absolute atomic E-state index is 11.3. The van der Waals surface area contributed by atoms with Crippen LogP contribution in [0.3, 0.4) is 0 Å². The molecule has 0 amide bonds. The normalized spacial score (nSPS) is 19.8. The van der Waals surface area contributed by atoms with Crippen molar-refractivity contribution in [3.05, 3.63) is 15.8 Å². The van der Waals surface area contributed by atoms with Gasteiger partial charge in [-0.2, -0.15) is 5.10 Å². The van der Waals surface area contributed by atoms with Crippen molar-refractivity contribution < 1.29 is 4.92 Å². The number of aryl methyl sites for hydroxylation is 1. The van der Waals surface area contributed by atoms with E-state index in [1.807, 2.05) is 13.8 Å². The molecule has 1 aromatic heterocycles. The van der Waals surface area contributed by atoms with Gasteiger partial charge in [0.1, 0.15) is 5.69 Å². The van der Waals surface area contributed by atoms with Crippen LogP contribution in [0.2, 0.25) is 0 Å².